The van der Waals surface area contributed by atoms with Crippen molar-refractivity contribution in [1.82, 2.24) is 0 Å². The molecule has 19 heavy (non-hydrogen) atoms. The Kier molecular flexibility index (Phi) is 5.32. The van der Waals surface area contributed by atoms with Gasteiger partial charge in [0, 0.05) is 12.7 Å². The highest BCUT2D eigenvalue weighted by Gasteiger charge is 2.10. The first-order valence-corrected chi connectivity index (χ1v) is 6.30. The van der Waals surface area contributed by atoms with Gasteiger partial charge in [0.1, 0.15) is 0 Å². The van der Waals surface area contributed by atoms with Gasteiger partial charge >= 0.3 is 11.9 Å². The Labute approximate surface area is 113 Å². The number of hydrogen-bond acceptors (Lipinski definition) is 4. The second kappa shape index (κ2) is 6.75. The smallest absolute Gasteiger partial charge is 0.335 e. The Balaban J connectivity index is 2.96. The van der Waals surface area contributed by atoms with Crippen LogP contribution in [0.4, 0.5) is 0 Å². The SMILES string of the molecule is CC(=O)SCC=Cc1cc(C(=O)O)cc(C(=O)O)c1. The van der Waals surface area contributed by atoms with Gasteiger partial charge in [0.2, 0.25) is 0 Å². The molecule has 0 amide bonds. The van der Waals surface area contributed by atoms with Crippen molar-refractivity contribution in [2.75, 3.05) is 5.75 Å². The van der Waals surface area contributed by atoms with Crippen LogP contribution < -0.4 is 0 Å². The molecule has 0 saturated carbocycles. The van der Waals surface area contributed by atoms with E-state index in [1.54, 1.807) is 12.2 Å². The fourth-order valence-corrected chi connectivity index (χ4v) is 1.77. The molecule has 0 radical (unpaired) electrons. The number of carbonyl (C=O) groups is 3. The van der Waals surface area contributed by atoms with Crippen LogP contribution in [0.1, 0.15) is 33.2 Å². The maximum Gasteiger partial charge on any atom is 0.335 e. The summed E-state index contributed by atoms with van der Waals surface area (Å²) < 4.78 is 0. The van der Waals surface area contributed by atoms with Crippen LogP contribution in [0, 0.1) is 0 Å². The Morgan fingerprint density at radius 3 is 2.05 bits per heavy atom. The van der Waals surface area contributed by atoms with E-state index in [0.717, 1.165) is 17.8 Å². The van der Waals surface area contributed by atoms with E-state index < -0.39 is 11.9 Å². The van der Waals surface area contributed by atoms with E-state index in [4.69, 9.17) is 10.2 Å². The summed E-state index contributed by atoms with van der Waals surface area (Å²) in [6.07, 6.45) is 3.27. The van der Waals surface area contributed by atoms with Crippen molar-refractivity contribution < 1.29 is 24.6 Å². The van der Waals surface area contributed by atoms with Crippen LogP contribution in [0.3, 0.4) is 0 Å². The molecular weight excluding hydrogens is 268 g/mol. The summed E-state index contributed by atoms with van der Waals surface area (Å²) in [5.74, 6) is -1.92. The van der Waals surface area contributed by atoms with E-state index in [0.29, 0.717) is 11.3 Å². The van der Waals surface area contributed by atoms with Crippen molar-refractivity contribution in [3.8, 4) is 0 Å². The lowest BCUT2D eigenvalue weighted by Gasteiger charge is -2.01. The molecule has 0 spiro atoms. The van der Waals surface area contributed by atoms with E-state index in [9.17, 15) is 14.4 Å². The topological polar surface area (TPSA) is 91.7 Å². The third-order valence-electron chi connectivity index (χ3n) is 2.14. The van der Waals surface area contributed by atoms with Crippen LogP contribution >= 0.6 is 11.8 Å². The van der Waals surface area contributed by atoms with Crippen molar-refractivity contribution in [1.29, 1.82) is 0 Å². The largest absolute Gasteiger partial charge is 0.478 e. The fraction of sp³-hybridized carbons (Fsp3) is 0.154. The first-order valence-electron chi connectivity index (χ1n) is 5.31. The van der Waals surface area contributed by atoms with Gasteiger partial charge in [-0.25, -0.2) is 9.59 Å². The van der Waals surface area contributed by atoms with Crippen LogP contribution in [0.25, 0.3) is 6.08 Å². The highest BCUT2D eigenvalue weighted by Crippen LogP contribution is 2.13. The van der Waals surface area contributed by atoms with Gasteiger partial charge in [-0.05, 0) is 23.8 Å². The second-order valence-electron chi connectivity index (χ2n) is 3.66. The maximum atomic E-state index is 10.9. The maximum absolute atomic E-state index is 10.9. The number of aromatic carboxylic acids is 2. The zero-order chi connectivity index (χ0) is 14.4. The molecule has 5 nitrogen and oxygen atoms in total. The molecule has 0 unspecified atom stereocenters. The minimum atomic E-state index is -1.18. The van der Waals surface area contributed by atoms with Gasteiger partial charge < -0.3 is 10.2 Å². The van der Waals surface area contributed by atoms with Gasteiger partial charge in [-0.15, -0.1) is 0 Å². The molecule has 0 aliphatic carbocycles. The number of thioether (sulfide) groups is 1. The number of rotatable bonds is 5. The standard InChI is InChI=1S/C13H12O5S/c1-8(14)19-4-2-3-9-5-10(12(15)16)7-11(6-9)13(17)18/h2-3,5-7H,4H2,1H3,(H,15,16)(H,17,18). The lowest BCUT2D eigenvalue weighted by atomic mass is 10.1. The molecule has 1 aromatic carbocycles. The summed E-state index contributed by atoms with van der Waals surface area (Å²) in [6.45, 7) is 1.45. The summed E-state index contributed by atoms with van der Waals surface area (Å²) in [5.41, 5.74) is 0.305. The minimum absolute atomic E-state index is 0.0184. The van der Waals surface area contributed by atoms with Crippen LogP contribution in [0.15, 0.2) is 24.3 Å². The van der Waals surface area contributed by atoms with Crippen LogP contribution in [0.5, 0.6) is 0 Å². The molecule has 100 valence electrons. The minimum Gasteiger partial charge on any atom is -0.478 e. The fourth-order valence-electron chi connectivity index (χ4n) is 1.34. The van der Waals surface area contributed by atoms with E-state index in [-0.39, 0.29) is 16.2 Å². The summed E-state index contributed by atoms with van der Waals surface area (Å²) in [7, 11) is 0. The van der Waals surface area contributed by atoms with Crippen molar-refractivity contribution in [3.05, 3.63) is 41.0 Å². The molecule has 0 aliphatic rings. The quantitative estimate of drug-likeness (QED) is 0.860. The molecule has 0 bridgehead atoms. The third-order valence-corrected chi connectivity index (χ3v) is 2.91. The summed E-state index contributed by atoms with van der Waals surface area (Å²) in [6, 6.07) is 3.86. The normalized spacial score (nSPS) is 10.6. The highest BCUT2D eigenvalue weighted by atomic mass is 32.2. The molecule has 0 saturated heterocycles. The Morgan fingerprint density at radius 1 is 1.11 bits per heavy atom. The van der Waals surface area contributed by atoms with Gasteiger partial charge in [-0.3, -0.25) is 4.79 Å². The number of carboxylic acid groups (broad SMARTS) is 2. The number of carboxylic acids is 2. The van der Waals surface area contributed by atoms with E-state index in [2.05, 4.69) is 0 Å². The molecule has 1 rings (SSSR count). The van der Waals surface area contributed by atoms with E-state index in [1.165, 1.54) is 19.1 Å². The Morgan fingerprint density at radius 2 is 1.63 bits per heavy atom. The van der Waals surface area contributed by atoms with Crippen LogP contribution in [-0.4, -0.2) is 33.0 Å². The number of carbonyl (C=O) groups excluding carboxylic acids is 1. The Hall–Kier alpha value is -2.08. The first-order chi connectivity index (χ1) is 8.90. The van der Waals surface area contributed by atoms with Crippen molar-refractivity contribution in [2.45, 2.75) is 6.92 Å². The molecule has 0 aliphatic heterocycles. The van der Waals surface area contributed by atoms with Crippen LogP contribution in [0.2, 0.25) is 0 Å². The van der Waals surface area contributed by atoms with Gasteiger partial charge in [0.15, 0.2) is 5.12 Å². The van der Waals surface area contributed by atoms with E-state index in [1.807, 2.05) is 0 Å². The molecular formula is C13H12O5S. The number of benzene rings is 1. The first kappa shape index (κ1) is 15.0. The molecule has 0 heterocycles. The zero-order valence-electron chi connectivity index (χ0n) is 10.1. The average molecular weight is 280 g/mol. The van der Waals surface area contributed by atoms with Gasteiger partial charge in [-0.2, -0.15) is 0 Å². The van der Waals surface area contributed by atoms with Crippen molar-refractivity contribution >= 4 is 34.9 Å². The average Bonchev–Trinajstić information content (AvgIpc) is 2.34. The summed E-state index contributed by atoms with van der Waals surface area (Å²) in [4.78, 5) is 32.5. The summed E-state index contributed by atoms with van der Waals surface area (Å²) in [5, 5.41) is 17.8. The van der Waals surface area contributed by atoms with Crippen LogP contribution in [-0.2, 0) is 4.79 Å². The van der Waals surface area contributed by atoms with Crippen molar-refractivity contribution in [3.63, 3.8) is 0 Å². The third kappa shape index (κ3) is 4.97. The lowest BCUT2D eigenvalue weighted by molar-refractivity contribution is -0.109. The predicted molar refractivity (Wildman–Crippen MR) is 72.5 cm³/mol. The van der Waals surface area contributed by atoms with Gasteiger partial charge in [-0.1, -0.05) is 23.9 Å². The van der Waals surface area contributed by atoms with Gasteiger partial charge in [0.25, 0.3) is 0 Å². The molecule has 1 aromatic rings. The van der Waals surface area contributed by atoms with E-state index >= 15 is 0 Å². The number of hydrogen-bond donors (Lipinski definition) is 2. The lowest BCUT2D eigenvalue weighted by Crippen LogP contribution is -2.02. The molecule has 6 heteroatoms. The predicted octanol–water partition coefficient (Wildman–Crippen LogP) is 2.38. The summed E-state index contributed by atoms with van der Waals surface area (Å²) >= 11 is 1.11. The molecule has 2 N–H and O–H groups in total. The monoisotopic (exact) mass is 280 g/mol. The van der Waals surface area contributed by atoms with Crippen molar-refractivity contribution in [2.24, 2.45) is 0 Å². The molecule has 0 fully saturated rings. The zero-order valence-corrected chi connectivity index (χ0v) is 10.9. The molecule has 0 atom stereocenters. The van der Waals surface area contributed by atoms with Gasteiger partial charge in [0.05, 0.1) is 11.1 Å². The highest BCUT2D eigenvalue weighted by molar-refractivity contribution is 8.13. The molecule has 0 aromatic heterocycles. The second-order valence-corrected chi connectivity index (χ2v) is 4.86. The Bertz CT molecular complexity index is 516.